The molecule has 0 radical (unpaired) electrons. The van der Waals surface area contributed by atoms with Crippen LogP contribution in [0.1, 0.15) is 24.8 Å². The Morgan fingerprint density at radius 3 is 2.81 bits per heavy atom. The summed E-state index contributed by atoms with van der Waals surface area (Å²) in [5.74, 6) is 0.204. The monoisotopic (exact) mass is 363 g/mol. The molecule has 2 fully saturated rings. The summed E-state index contributed by atoms with van der Waals surface area (Å²) >= 11 is 0. The van der Waals surface area contributed by atoms with Gasteiger partial charge in [0.15, 0.2) is 0 Å². The van der Waals surface area contributed by atoms with E-state index in [-0.39, 0.29) is 11.8 Å². The maximum absolute atomic E-state index is 12.7. The summed E-state index contributed by atoms with van der Waals surface area (Å²) in [6.45, 7) is 3.66. The first kappa shape index (κ1) is 17.7. The lowest BCUT2D eigenvalue weighted by Crippen LogP contribution is -2.45. The van der Waals surface area contributed by atoms with Crippen LogP contribution < -0.4 is 10.2 Å². The van der Waals surface area contributed by atoms with Gasteiger partial charge in [0.25, 0.3) is 0 Å². The number of carbonyl (C=O) groups excluding carboxylic acids is 1. The molecule has 4 rings (SSSR count). The molecule has 1 amide bonds. The Balaban J connectivity index is 1.46. The van der Waals surface area contributed by atoms with E-state index in [0.29, 0.717) is 18.2 Å². The quantitative estimate of drug-likeness (QED) is 0.905. The van der Waals surface area contributed by atoms with Crippen LogP contribution in [0.4, 0.5) is 5.69 Å². The number of nitriles is 1. The number of amides is 1. The molecule has 27 heavy (non-hydrogen) atoms. The number of benzene rings is 1. The number of anilines is 1. The van der Waals surface area contributed by atoms with Crippen molar-refractivity contribution in [3.63, 3.8) is 0 Å². The Labute approximate surface area is 159 Å². The largest absolute Gasteiger partial charge is 0.370 e. The van der Waals surface area contributed by atoms with Gasteiger partial charge in [-0.05, 0) is 63.7 Å². The minimum atomic E-state index is 0.0204. The highest BCUT2D eigenvalue weighted by molar-refractivity contribution is 5.95. The summed E-state index contributed by atoms with van der Waals surface area (Å²) < 4.78 is 0. The van der Waals surface area contributed by atoms with Crippen LogP contribution in [0.2, 0.25) is 0 Å². The van der Waals surface area contributed by atoms with E-state index in [4.69, 9.17) is 0 Å². The number of nitrogens with zero attached hydrogens (tertiary/aromatic N) is 4. The van der Waals surface area contributed by atoms with E-state index in [1.54, 1.807) is 6.20 Å². The summed E-state index contributed by atoms with van der Waals surface area (Å²) in [4.78, 5) is 21.7. The highest BCUT2D eigenvalue weighted by Gasteiger charge is 2.31. The minimum Gasteiger partial charge on any atom is -0.370 e. The van der Waals surface area contributed by atoms with E-state index in [9.17, 15) is 10.1 Å². The standard InChI is InChI=1S/C21H25N5O/c1-25-10-7-17(8-11-25)24-21(27)16-6-12-26(14-16)19-5-4-15(13-22)20-18(19)3-2-9-23-20/h2-5,9,16-17H,6-8,10-12,14H2,1H3,(H,24,27). The van der Waals surface area contributed by atoms with Crippen molar-refractivity contribution in [2.24, 2.45) is 5.92 Å². The van der Waals surface area contributed by atoms with Gasteiger partial charge in [0.2, 0.25) is 5.91 Å². The van der Waals surface area contributed by atoms with E-state index in [0.717, 1.165) is 55.5 Å². The fourth-order valence-corrected chi connectivity index (χ4v) is 4.19. The van der Waals surface area contributed by atoms with Crippen molar-refractivity contribution in [1.29, 1.82) is 5.26 Å². The Kier molecular flexibility index (Phi) is 4.95. The molecule has 1 N–H and O–H groups in total. The van der Waals surface area contributed by atoms with Crippen molar-refractivity contribution in [3.05, 3.63) is 36.0 Å². The van der Waals surface area contributed by atoms with Crippen molar-refractivity contribution < 1.29 is 4.79 Å². The molecule has 0 spiro atoms. The Morgan fingerprint density at radius 2 is 2.04 bits per heavy atom. The molecule has 1 aromatic carbocycles. The number of nitrogens with one attached hydrogen (secondary N) is 1. The van der Waals surface area contributed by atoms with Crippen molar-refractivity contribution >= 4 is 22.5 Å². The number of rotatable bonds is 3. The normalized spacial score (nSPS) is 21.3. The van der Waals surface area contributed by atoms with E-state index in [1.165, 1.54) is 0 Å². The van der Waals surface area contributed by atoms with Crippen molar-refractivity contribution in [3.8, 4) is 6.07 Å². The first-order chi connectivity index (χ1) is 13.2. The zero-order valence-corrected chi connectivity index (χ0v) is 15.7. The molecule has 2 aliphatic rings. The molecule has 0 saturated carbocycles. The third-order valence-corrected chi connectivity index (χ3v) is 5.83. The topological polar surface area (TPSA) is 72.3 Å². The minimum absolute atomic E-state index is 0.0204. The lowest BCUT2D eigenvalue weighted by Gasteiger charge is -2.30. The van der Waals surface area contributed by atoms with Gasteiger partial charge in [-0.15, -0.1) is 0 Å². The lowest BCUT2D eigenvalue weighted by molar-refractivity contribution is -0.125. The third-order valence-electron chi connectivity index (χ3n) is 5.83. The molecule has 140 valence electrons. The number of carbonyl (C=O) groups is 1. The van der Waals surface area contributed by atoms with Crippen LogP contribution in [0, 0.1) is 17.2 Å². The van der Waals surface area contributed by atoms with E-state index >= 15 is 0 Å². The number of aromatic nitrogens is 1. The van der Waals surface area contributed by atoms with E-state index in [1.807, 2.05) is 24.3 Å². The smallest absolute Gasteiger partial charge is 0.225 e. The number of hydrogen-bond donors (Lipinski definition) is 1. The number of pyridine rings is 1. The molecule has 0 bridgehead atoms. The zero-order valence-electron chi connectivity index (χ0n) is 15.7. The third kappa shape index (κ3) is 3.60. The van der Waals surface area contributed by atoms with Crippen LogP contribution in [-0.2, 0) is 4.79 Å². The molecule has 1 unspecified atom stereocenters. The maximum atomic E-state index is 12.7. The second-order valence-corrected chi connectivity index (χ2v) is 7.66. The molecule has 2 aromatic rings. The summed E-state index contributed by atoms with van der Waals surface area (Å²) in [6.07, 6.45) is 4.64. The number of fused-ring (bicyclic) bond motifs is 1. The molecule has 6 nitrogen and oxygen atoms in total. The SMILES string of the molecule is CN1CCC(NC(=O)C2CCN(c3ccc(C#N)c4ncccc34)C2)CC1. The van der Waals surface area contributed by atoms with Crippen molar-refractivity contribution in [2.75, 3.05) is 38.1 Å². The van der Waals surface area contributed by atoms with Crippen LogP contribution in [0.15, 0.2) is 30.5 Å². The molecular weight excluding hydrogens is 338 g/mol. The molecule has 1 atom stereocenters. The van der Waals surface area contributed by atoms with E-state index < -0.39 is 0 Å². The first-order valence-electron chi connectivity index (χ1n) is 9.67. The number of piperidine rings is 1. The number of hydrogen-bond acceptors (Lipinski definition) is 5. The average molecular weight is 363 g/mol. The zero-order chi connectivity index (χ0) is 18.8. The van der Waals surface area contributed by atoms with Gasteiger partial charge in [-0.2, -0.15) is 5.26 Å². The predicted molar refractivity (Wildman–Crippen MR) is 105 cm³/mol. The summed E-state index contributed by atoms with van der Waals surface area (Å²) in [6, 6.07) is 10.2. The Hall–Kier alpha value is -2.65. The van der Waals surface area contributed by atoms with Gasteiger partial charge >= 0.3 is 0 Å². The molecule has 0 aliphatic carbocycles. The Bertz CT molecular complexity index is 882. The van der Waals surface area contributed by atoms with Gasteiger partial charge in [-0.25, -0.2) is 0 Å². The van der Waals surface area contributed by atoms with E-state index in [2.05, 4.69) is 33.2 Å². The molecule has 3 heterocycles. The highest BCUT2D eigenvalue weighted by Crippen LogP contribution is 2.32. The first-order valence-corrected chi connectivity index (χ1v) is 9.67. The molecule has 1 aromatic heterocycles. The second-order valence-electron chi connectivity index (χ2n) is 7.66. The molecule has 2 aliphatic heterocycles. The second kappa shape index (κ2) is 7.53. The van der Waals surface area contributed by atoms with Crippen molar-refractivity contribution in [1.82, 2.24) is 15.2 Å². The number of likely N-dealkylation sites (tertiary alicyclic amines) is 1. The fraction of sp³-hybridized carbons (Fsp3) is 0.476. The lowest BCUT2D eigenvalue weighted by atomic mass is 10.0. The van der Waals surface area contributed by atoms with Crippen LogP contribution in [0.3, 0.4) is 0 Å². The van der Waals surface area contributed by atoms with Crippen LogP contribution in [-0.4, -0.2) is 55.1 Å². The highest BCUT2D eigenvalue weighted by atomic mass is 16.2. The van der Waals surface area contributed by atoms with Gasteiger partial charge in [0.1, 0.15) is 6.07 Å². The van der Waals surface area contributed by atoms with Gasteiger partial charge in [0, 0.05) is 36.4 Å². The van der Waals surface area contributed by atoms with Gasteiger partial charge in [0.05, 0.1) is 17.0 Å². The molecular formula is C21H25N5O. The van der Waals surface area contributed by atoms with Gasteiger partial charge < -0.3 is 15.1 Å². The van der Waals surface area contributed by atoms with Crippen LogP contribution >= 0.6 is 0 Å². The Morgan fingerprint density at radius 1 is 1.22 bits per heavy atom. The molecule has 6 heteroatoms. The van der Waals surface area contributed by atoms with Crippen LogP contribution in [0.25, 0.3) is 10.9 Å². The summed E-state index contributed by atoms with van der Waals surface area (Å²) in [7, 11) is 2.13. The molecule has 2 saturated heterocycles. The van der Waals surface area contributed by atoms with Gasteiger partial charge in [-0.1, -0.05) is 0 Å². The fourth-order valence-electron chi connectivity index (χ4n) is 4.19. The predicted octanol–water partition coefficient (Wildman–Crippen LogP) is 2.14. The summed E-state index contributed by atoms with van der Waals surface area (Å²) in [5, 5.41) is 13.6. The van der Waals surface area contributed by atoms with Gasteiger partial charge in [-0.3, -0.25) is 9.78 Å². The maximum Gasteiger partial charge on any atom is 0.225 e. The summed E-state index contributed by atoms with van der Waals surface area (Å²) in [5.41, 5.74) is 2.38. The average Bonchev–Trinajstić information content (AvgIpc) is 3.19. The van der Waals surface area contributed by atoms with Crippen molar-refractivity contribution in [2.45, 2.75) is 25.3 Å². The van der Waals surface area contributed by atoms with Crippen LogP contribution in [0.5, 0.6) is 0 Å².